The normalized spacial score (nSPS) is 11.4. The predicted octanol–water partition coefficient (Wildman–Crippen LogP) is 5.77. The van der Waals surface area contributed by atoms with Crippen LogP contribution in [0.3, 0.4) is 0 Å². The van der Waals surface area contributed by atoms with Crippen molar-refractivity contribution in [2.24, 2.45) is 0 Å². The molecule has 0 aliphatic heterocycles. The van der Waals surface area contributed by atoms with Gasteiger partial charge in [-0.05, 0) is 66.9 Å². The van der Waals surface area contributed by atoms with Crippen molar-refractivity contribution in [3.8, 4) is 11.3 Å². The Morgan fingerprint density at radius 3 is 2.26 bits per heavy atom. The topological polar surface area (TPSA) is 89.0 Å². The number of pyridine rings is 1. The van der Waals surface area contributed by atoms with Crippen LogP contribution < -0.4 is 5.32 Å². The van der Waals surface area contributed by atoms with Crippen LogP contribution in [-0.2, 0) is 15.6 Å². The van der Waals surface area contributed by atoms with Gasteiger partial charge in [0.25, 0.3) is 5.91 Å². The van der Waals surface area contributed by atoms with Gasteiger partial charge in [0.15, 0.2) is 15.0 Å². The van der Waals surface area contributed by atoms with Crippen LogP contribution >= 0.6 is 23.1 Å². The fraction of sp³-hybridized carbons (Fsp3) is 0.160. The average Bonchev–Trinajstić information content (AvgIpc) is 3.22. The second-order valence-electron chi connectivity index (χ2n) is 7.98. The third-order valence-corrected chi connectivity index (χ3v) is 7.61. The van der Waals surface area contributed by atoms with E-state index in [1.54, 1.807) is 36.3 Å². The van der Waals surface area contributed by atoms with Gasteiger partial charge in [-0.3, -0.25) is 15.1 Å². The molecule has 0 saturated heterocycles. The first kappa shape index (κ1) is 24.1. The molecule has 0 unspecified atom stereocenters. The number of amides is 1. The molecule has 2 aromatic carbocycles. The van der Waals surface area contributed by atoms with Gasteiger partial charge in [0.05, 0.1) is 11.4 Å². The van der Waals surface area contributed by atoms with Crippen LogP contribution in [0.5, 0.6) is 0 Å². The number of sulfone groups is 1. The number of carbonyl (C=O) groups is 1. The number of hydrogen-bond acceptors (Lipinski definition) is 7. The highest BCUT2D eigenvalue weighted by Crippen LogP contribution is 2.36. The fourth-order valence-corrected chi connectivity index (χ4v) is 6.11. The molecule has 2 heterocycles. The van der Waals surface area contributed by atoms with Crippen molar-refractivity contribution < 1.29 is 13.2 Å². The van der Waals surface area contributed by atoms with Gasteiger partial charge in [0, 0.05) is 44.9 Å². The molecule has 0 atom stereocenters. The Morgan fingerprint density at radius 1 is 1.00 bits per heavy atom. The maximum Gasteiger partial charge on any atom is 0.257 e. The van der Waals surface area contributed by atoms with Gasteiger partial charge < -0.3 is 0 Å². The maximum atomic E-state index is 12.4. The minimum Gasteiger partial charge on any atom is -0.298 e. The van der Waals surface area contributed by atoms with E-state index in [1.807, 2.05) is 29.6 Å². The smallest absolute Gasteiger partial charge is 0.257 e. The lowest BCUT2D eigenvalue weighted by molar-refractivity contribution is 0.102. The molecule has 0 fully saturated rings. The molecule has 0 spiro atoms. The number of benzene rings is 2. The SMILES string of the molecule is Cc1cc(Sc2ccc(CS(C)(=O)=O)cc2)cc(C)c1-c1csc(NC(=O)c2ccncc2)n1. The number of aryl methyl sites for hydroxylation is 2. The molecule has 174 valence electrons. The third-order valence-electron chi connectivity index (χ3n) is 5.02. The van der Waals surface area contributed by atoms with Gasteiger partial charge in [-0.2, -0.15) is 0 Å². The second kappa shape index (κ2) is 10.1. The maximum absolute atomic E-state index is 12.4. The Morgan fingerprint density at radius 2 is 1.65 bits per heavy atom. The molecular weight excluding hydrogens is 486 g/mol. The molecule has 0 aliphatic rings. The van der Waals surface area contributed by atoms with Gasteiger partial charge >= 0.3 is 0 Å². The summed E-state index contributed by atoms with van der Waals surface area (Å²) in [5.41, 5.74) is 5.37. The summed E-state index contributed by atoms with van der Waals surface area (Å²) in [6, 6.07) is 15.2. The summed E-state index contributed by atoms with van der Waals surface area (Å²) in [5.74, 6) is -0.171. The second-order valence-corrected chi connectivity index (χ2v) is 12.1. The van der Waals surface area contributed by atoms with Gasteiger partial charge in [-0.25, -0.2) is 13.4 Å². The zero-order chi connectivity index (χ0) is 24.3. The molecule has 9 heteroatoms. The standard InChI is InChI=1S/C25H23N3O3S3/c1-16-12-21(33-20-6-4-18(5-7-20)15-34(3,30)31)13-17(2)23(16)22-14-32-25(27-22)28-24(29)19-8-10-26-11-9-19/h4-14H,15H2,1-3H3,(H,27,28,29). The number of thiazole rings is 1. The molecular formula is C25H23N3O3S3. The third kappa shape index (κ3) is 6.11. The highest BCUT2D eigenvalue weighted by Gasteiger charge is 2.14. The van der Waals surface area contributed by atoms with E-state index >= 15 is 0 Å². The van der Waals surface area contributed by atoms with E-state index in [-0.39, 0.29) is 11.7 Å². The number of nitrogens with zero attached hydrogens (tertiary/aromatic N) is 2. The zero-order valence-corrected chi connectivity index (χ0v) is 21.4. The van der Waals surface area contributed by atoms with Crippen LogP contribution in [0.2, 0.25) is 0 Å². The van der Waals surface area contributed by atoms with Crippen molar-refractivity contribution in [2.75, 3.05) is 11.6 Å². The summed E-state index contributed by atoms with van der Waals surface area (Å²) in [5, 5.41) is 5.34. The lowest BCUT2D eigenvalue weighted by Gasteiger charge is -2.11. The van der Waals surface area contributed by atoms with E-state index in [9.17, 15) is 13.2 Å². The van der Waals surface area contributed by atoms with Crippen LogP contribution in [0.1, 0.15) is 27.0 Å². The van der Waals surface area contributed by atoms with Crippen molar-refractivity contribution in [1.82, 2.24) is 9.97 Å². The number of aromatic nitrogens is 2. The molecule has 2 aromatic heterocycles. The number of anilines is 1. The lowest BCUT2D eigenvalue weighted by atomic mass is 10.0. The summed E-state index contributed by atoms with van der Waals surface area (Å²) in [7, 11) is -3.05. The Hall–Kier alpha value is -3.01. The van der Waals surface area contributed by atoms with Crippen LogP contribution in [0, 0.1) is 13.8 Å². The molecule has 4 rings (SSSR count). The molecule has 34 heavy (non-hydrogen) atoms. The monoisotopic (exact) mass is 509 g/mol. The van der Waals surface area contributed by atoms with Crippen molar-refractivity contribution in [3.05, 3.63) is 88.6 Å². The first-order valence-electron chi connectivity index (χ1n) is 10.4. The quantitative estimate of drug-likeness (QED) is 0.340. The minimum atomic E-state index is -3.05. The van der Waals surface area contributed by atoms with Gasteiger partial charge in [-0.15, -0.1) is 11.3 Å². The molecule has 0 bridgehead atoms. The molecule has 0 aliphatic carbocycles. The van der Waals surface area contributed by atoms with Crippen molar-refractivity contribution in [3.63, 3.8) is 0 Å². The van der Waals surface area contributed by atoms with E-state index in [1.165, 1.54) is 17.6 Å². The van der Waals surface area contributed by atoms with E-state index < -0.39 is 9.84 Å². The van der Waals surface area contributed by atoms with Gasteiger partial charge in [0.1, 0.15) is 0 Å². The molecule has 0 saturated carbocycles. The molecule has 6 nitrogen and oxygen atoms in total. The summed E-state index contributed by atoms with van der Waals surface area (Å²) >= 11 is 3.02. The van der Waals surface area contributed by atoms with Crippen LogP contribution in [0.4, 0.5) is 5.13 Å². The van der Waals surface area contributed by atoms with Crippen LogP contribution in [-0.4, -0.2) is 30.5 Å². The average molecular weight is 510 g/mol. The first-order valence-corrected chi connectivity index (χ1v) is 14.2. The van der Waals surface area contributed by atoms with Crippen molar-refractivity contribution in [2.45, 2.75) is 29.4 Å². The summed E-state index contributed by atoms with van der Waals surface area (Å²) in [6.07, 6.45) is 4.40. The Kier molecular flexibility index (Phi) is 7.16. The molecule has 4 aromatic rings. The van der Waals surface area contributed by atoms with Gasteiger partial charge in [0.2, 0.25) is 0 Å². The Bertz CT molecular complexity index is 1410. The Balaban J connectivity index is 1.49. The highest BCUT2D eigenvalue weighted by atomic mass is 32.2. The van der Waals surface area contributed by atoms with E-state index in [2.05, 4.69) is 41.3 Å². The number of nitrogens with one attached hydrogen (secondary N) is 1. The predicted molar refractivity (Wildman–Crippen MR) is 138 cm³/mol. The van der Waals surface area contributed by atoms with Crippen LogP contribution in [0.15, 0.2) is 76.1 Å². The summed E-state index contributed by atoms with van der Waals surface area (Å²) in [6.45, 7) is 4.10. The first-order chi connectivity index (χ1) is 16.2. The van der Waals surface area contributed by atoms with Crippen LogP contribution in [0.25, 0.3) is 11.3 Å². The highest BCUT2D eigenvalue weighted by molar-refractivity contribution is 7.99. The van der Waals surface area contributed by atoms with E-state index in [0.717, 1.165) is 37.7 Å². The molecule has 1 amide bonds. The van der Waals surface area contributed by atoms with Crippen molar-refractivity contribution in [1.29, 1.82) is 0 Å². The largest absolute Gasteiger partial charge is 0.298 e. The zero-order valence-electron chi connectivity index (χ0n) is 18.9. The summed E-state index contributed by atoms with van der Waals surface area (Å²) in [4.78, 5) is 23.1. The van der Waals surface area contributed by atoms with E-state index in [0.29, 0.717) is 10.7 Å². The van der Waals surface area contributed by atoms with Crippen molar-refractivity contribution >= 4 is 44.0 Å². The minimum absolute atomic E-state index is 0.0451. The number of hydrogen-bond donors (Lipinski definition) is 1. The summed E-state index contributed by atoms with van der Waals surface area (Å²) < 4.78 is 23.0. The fourth-order valence-electron chi connectivity index (χ4n) is 3.60. The number of carbonyl (C=O) groups excluding carboxylic acids is 1. The van der Waals surface area contributed by atoms with Gasteiger partial charge in [-0.1, -0.05) is 23.9 Å². The molecule has 1 N–H and O–H groups in total. The Labute approximate surface area is 207 Å². The molecule has 0 radical (unpaired) electrons. The number of rotatable bonds is 7. The lowest BCUT2D eigenvalue weighted by Crippen LogP contribution is -2.11. The van der Waals surface area contributed by atoms with E-state index in [4.69, 9.17) is 0 Å².